The van der Waals surface area contributed by atoms with Crippen molar-refractivity contribution in [2.75, 3.05) is 26.2 Å². The van der Waals surface area contributed by atoms with Gasteiger partial charge in [-0.3, -0.25) is 25.3 Å². The molecule has 104 valence electrons. The third-order valence-electron chi connectivity index (χ3n) is 2.88. The monoisotopic (exact) mass is 282 g/mol. The van der Waals surface area contributed by atoms with Crippen molar-refractivity contribution in [2.45, 2.75) is 13.0 Å². The minimum atomic E-state index is -0.281. The Morgan fingerprint density at radius 1 is 1.53 bits per heavy atom. The number of nitrogens with one attached hydrogen (secondary N) is 3. The minimum absolute atomic E-state index is 0.195. The Morgan fingerprint density at radius 2 is 2.37 bits per heavy atom. The summed E-state index contributed by atoms with van der Waals surface area (Å²) in [5.74, 6) is -0.476. The molecule has 7 heteroatoms. The van der Waals surface area contributed by atoms with Gasteiger partial charge in [0.1, 0.15) is 0 Å². The van der Waals surface area contributed by atoms with E-state index in [9.17, 15) is 9.59 Å². The fraction of sp³-hybridized carbons (Fsp3) is 0.500. The maximum atomic E-state index is 11.7. The molecule has 0 saturated carbocycles. The van der Waals surface area contributed by atoms with Gasteiger partial charge in [-0.2, -0.15) is 0 Å². The van der Waals surface area contributed by atoms with Crippen molar-refractivity contribution in [2.24, 2.45) is 0 Å². The number of rotatable bonds is 3. The highest BCUT2D eigenvalue weighted by Crippen LogP contribution is 2.07. The van der Waals surface area contributed by atoms with Gasteiger partial charge in [-0.05, 0) is 18.4 Å². The molecule has 1 atom stereocenters. The Hall–Kier alpha value is -1.44. The van der Waals surface area contributed by atoms with Crippen LogP contribution in [0.5, 0.6) is 0 Å². The van der Waals surface area contributed by atoms with Crippen molar-refractivity contribution in [3.63, 3.8) is 0 Å². The summed E-state index contributed by atoms with van der Waals surface area (Å²) in [7, 11) is 0. The fourth-order valence-corrected chi connectivity index (χ4v) is 2.61. The van der Waals surface area contributed by atoms with Crippen LogP contribution in [0.3, 0.4) is 0 Å². The molecule has 0 radical (unpaired) electrons. The van der Waals surface area contributed by atoms with Crippen molar-refractivity contribution in [3.8, 4) is 0 Å². The smallest absolute Gasteiger partial charge is 0.279 e. The second-order valence-corrected chi connectivity index (χ2v) is 5.52. The maximum absolute atomic E-state index is 11.7. The van der Waals surface area contributed by atoms with Crippen LogP contribution in [0.15, 0.2) is 17.5 Å². The van der Waals surface area contributed by atoms with Crippen LogP contribution in [0.25, 0.3) is 0 Å². The number of piperazine rings is 1. The van der Waals surface area contributed by atoms with E-state index in [1.165, 1.54) is 11.3 Å². The zero-order valence-electron chi connectivity index (χ0n) is 10.8. The van der Waals surface area contributed by atoms with E-state index in [0.29, 0.717) is 17.5 Å². The van der Waals surface area contributed by atoms with Crippen LogP contribution in [0.4, 0.5) is 0 Å². The summed E-state index contributed by atoms with van der Waals surface area (Å²) in [6.07, 6.45) is 0. The van der Waals surface area contributed by atoms with Crippen LogP contribution in [0, 0.1) is 0 Å². The zero-order chi connectivity index (χ0) is 13.7. The highest BCUT2D eigenvalue weighted by atomic mass is 32.1. The quantitative estimate of drug-likeness (QED) is 0.672. The summed E-state index contributed by atoms with van der Waals surface area (Å²) in [6, 6.07) is 3.90. The summed E-state index contributed by atoms with van der Waals surface area (Å²) in [6.45, 7) is 4.96. The molecule has 1 aromatic heterocycles. The van der Waals surface area contributed by atoms with Crippen LogP contribution in [0.2, 0.25) is 0 Å². The van der Waals surface area contributed by atoms with Gasteiger partial charge >= 0.3 is 0 Å². The lowest BCUT2D eigenvalue weighted by Gasteiger charge is -2.31. The molecule has 1 aliphatic heterocycles. The van der Waals surface area contributed by atoms with Crippen LogP contribution in [0.1, 0.15) is 16.6 Å². The molecular formula is C12H18N4O2S. The largest absolute Gasteiger partial charge is 0.312 e. The van der Waals surface area contributed by atoms with Gasteiger partial charge in [0.05, 0.1) is 11.4 Å². The summed E-state index contributed by atoms with van der Waals surface area (Å²) in [5, 5.41) is 5.13. The van der Waals surface area contributed by atoms with Gasteiger partial charge in [0, 0.05) is 25.7 Å². The maximum Gasteiger partial charge on any atom is 0.279 e. The summed E-state index contributed by atoms with van der Waals surface area (Å²) >= 11 is 1.34. The fourth-order valence-electron chi connectivity index (χ4n) is 1.99. The zero-order valence-corrected chi connectivity index (χ0v) is 11.6. The van der Waals surface area contributed by atoms with Crippen molar-refractivity contribution in [1.82, 2.24) is 21.1 Å². The van der Waals surface area contributed by atoms with Gasteiger partial charge in [-0.1, -0.05) is 6.07 Å². The van der Waals surface area contributed by atoms with Gasteiger partial charge in [-0.25, -0.2) is 0 Å². The normalized spacial score (nSPS) is 19.9. The topological polar surface area (TPSA) is 73.5 Å². The third kappa shape index (κ3) is 4.30. The molecule has 0 bridgehead atoms. The van der Waals surface area contributed by atoms with Crippen LogP contribution >= 0.6 is 11.3 Å². The number of hydrogen-bond acceptors (Lipinski definition) is 5. The highest BCUT2D eigenvalue weighted by molar-refractivity contribution is 7.12. The van der Waals surface area contributed by atoms with E-state index in [2.05, 4.69) is 28.0 Å². The van der Waals surface area contributed by atoms with Crippen LogP contribution in [-0.2, 0) is 4.79 Å². The Bertz CT molecular complexity index is 435. The third-order valence-corrected chi connectivity index (χ3v) is 3.75. The van der Waals surface area contributed by atoms with E-state index in [4.69, 9.17) is 0 Å². The summed E-state index contributed by atoms with van der Waals surface area (Å²) in [4.78, 5) is 26.0. The Balaban J connectivity index is 1.71. The molecule has 1 aromatic rings. The van der Waals surface area contributed by atoms with E-state index in [0.717, 1.165) is 19.6 Å². The number of nitrogens with zero attached hydrogens (tertiary/aromatic N) is 1. The number of carbonyl (C=O) groups excluding carboxylic acids is 2. The van der Waals surface area contributed by atoms with Gasteiger partial charge in [0.2, 0.25) is 0 Å². The van der Waals surface area contributed by atoms with E-state index in [-0.39, 0.29) is 11.8 Å². The molecule has 1 unspecified atom stereocenters. The molecule has 2 heterocycles. The lowest BCUT2D eigenvalue weighted by molar-refractivity contribution is -0.123. The molecule has 3 N–H and O–H groups in total. The number of thiophene rings is 1. The van der Waals surface area contributed by atoms with E-state index in [1.54, 1.807) is 12.1 Å². The predicted octanol–water partition coefficient (Wildman–Crippen LogP) is -0.197. The Morgan fingerprint density at radius 3 is 3.05 bits per heavy atom. The number of hydrazine groups is 1. The lowest BCUT2D eigenvalue weighted by atomic mass is 10.2. The Kier molecular flexibility index (Phi) is 4.89. The van der Waals surface area contributed by atoms with Gasteiger partial charge in [0.25, 0.3) is 11.8 Å². The first kappa shape index (κ1) is 14.0. The molecule has 1 saturated heterocycles. The lowest BCUT2D eigenvalue weighted by Crippen LogP contribution is -2.53. The van der Waals surface area contributed by atoms with Crippen molar-refractivity contribution >= 4 is 23.2 Å². The number of amides is 2. The van der Waals surface area contributed by atoms with E-state index < -0.39 is 0 Å². The van der Waals surface area contributed by atoms with Crippen LogP contribution in [-0.4, -0.2) is 48.9 Å². The molecule has 0 aromatic carbocycles. The molecule has 1 fully saturated rings. The standard InChI is InChI=1S/C12H18N4O2S/c1-9-7-16(5-4-13-9)8-11(17)14-15-12(18)10-3-2-6-19-10/h2-3,6,9,13H,4-5,7-8H2,1H3,(H,14,17)(H,15,18). The molecular weight excluding hydrogens is 264 g/mol. The van der Waals surface area contributed by atoms with E-state index >= 15 is 0 Å². The molecule has 2 amide bonds. The highest BCUT2D eigenvalue weighted by Gasteiger charge is 2.18. The minimum Gasteiger partial charge on any atom is -0.312 e. The molecule has 6 nitrogen and oxygen atoms in total. The SMILES string of the molecule is CC1CN(CC(=O)NNC(=O)c2cccs2)CCN1. The first-order valence-corrected chi connectivity index (χ1v) is 7.11. The number of carbonyl (C=O) groups is 2. The second-order valence-electron chi connectivity index (χ2n) is 4.57. The molecule has 1 aliphatic rings. The molecule has 0 aliphatic carbocycles. The van der Waals surface area contributed by atoms with Gasteiger partial charge in [0.15, 0.2) is 0 Å². The van der Waals surface area contributed by atoms with Crippen LogP contribution < -0.4 is 16.2 Å². The predicted molar refractivity (Wildman–Crippen MR) is 73.8 cm³/mol. The average Bonchev–Trinajstić information content (AvgIpc) is 2.90. The first-order chi connectivity index (χ1) is 9.15. The second kappa shape index (κ2) is 6.65. The first-order valence-electron chi connectivity index (χ1n) is 6.23. The molecule has 2 rings (SSSR count). The Labute approximate surface area is 116 Å². The molecule has 19 heavy (non-hydrogen) atoms. The van der Waals surface area contributed by atoms with Crippen molar-refractivity contribution < 1.29 is 9.59 Å². The number of hydrogen-bond donors (Lipinski definition) is 3. The summed E-state index contributed by atoms with van der Waals surface area (Å²) in [5.41, 5.74) is 4.85. The van der Waals surface area contributed by atoms with Crippen molar-refractivity contribution in [1.29, 1.82) is 0 Å². The van der Waals surface area contributed by atoms with Gasteiger partial charge < -0.3 is 5.32 Å². The van der Waals surface area contributed by atoms with Crippen molar-refractivity contribution in [3.05, 3.63) is 22.4 Å². The van der Waals surface area contributed by atoms with Gasteiger partial charge in [-0.15, -0.1) is 11.3 Å². The average molecular weight is 282 g/mol. The summed E-state index contributed by atoms with van der Waals surface area (Å²) < 4.78 is 0. The molecule has 0 spiro atoms. The van der Waals surface area contributed by atoms with E-state index in [1.807, 2.05) is 5.38 Å².